The Morgan fingerprint density at radius 1 is 1.36 bits per heavy atom. The van der Waals surface area contributed by atoms with Gasteiger partial charge in [-0.1, -0.05) is 26.2 Å². The minimum absolute atomic E-state index is 0.365. The Kier molecular flexibility index (Phi) is 3.10. The minimum Gasteiger partial charge on any atom is -0.300 e. The van der Waals surface area contributed by atoms with E-state index >= 15 is 0 Å². The third-order valence-electron chi connectivity index (χ3n) is 2.84. The quantitative estimate of drug-likeness (QED) is 0.597. The molecule has 2 unspecified atom stereocenters. The number of hydrogen-bond donors (Lipinski definition) is 0. The molecule has 0 spiro atoms. The van der Waals surface area contributed by atoms with Gasteiger partial charge in [0.15, 0.2) is 0 Å². The molecule has 1 heteroatoms. The van der Waals surface area contributed by atoms with Crippen LogP contribution < -0.4 is 0 Å². The predicted molar refractivity (Wildman–Crippen MR) is 46.4 cm³/mol. The average Bonchev–Trinajstić information content (AvgIpc) is 1.93. The maximum Gasteiger partial charge on any atom is 0.130 e. The van der Waals surface area contributed by atoms with Gasteiger partial charge in [0.2, 0.25) is 0 Å². The molecular weight excluding hydrogens is 136 g/mol. The Morgan fingerprint density at radius 2 is 2.00 bits per heavy atom. The molecule has 1 saturated carbocycles. The largest absolute Gasteiger partial charge is 0.300 e. The van der Waals surface area contributed by atoms with Gasteiger partial charge < -0.3 is 4.79 Å². The van der Waals surface area contributed by atoms with Crippen LogP contribution in [0, 0.1) is 11.8 Å². The maximum atomic E-state index is 10.9. The van der Waals surface area contributed by atoms with Crippen LogP contribution in [0.1, 0.15) is 46.0 Å². The van der Waals surface area contributed by atoms with Crippen LogP contribution in [0.3, 0.4) is 0 Å². The molecule has 1 aliphatic carbocycles. The summed E-state index contributed by atoms with van der Waals surface area (Å²) < 4.78 is 0. The summed E-state index contributed by atoms with van der Waals surface area (Å²) in [7, 11) is 0. The molecule has 1 fully saturated rings. The van der Waals surface area contributed by atoms with E-state index in [4.69, 9.17) is 0 Å². The standard InChI is InChI=1S/C10H18O/c1-8-5-3-4-6-10(8)7-9(2)11/h8,10H,3-7H2,1-2H3. The third-order valence-corrected chi connectivity index (χ3v) is 2.84. The second-order valence-corrected chi connectivity index (χ2v) is 3.93. The molecule has 0 aromatic heterocycles. The summed E-state index contributed by atoms with van der Waals surface area (Å²) in [5.41, 5.74) is 0. The van der Waals surface area contributed by atoms with Crippen molar-refractivity contribution in [2.45, 2.75) is 46.0 Å². The summed E-state index contributed by atoms with van der Waals surface area (Å²) in [5, 5.41) is 0. The lowest BCUT2D eigenvalue weighted by molar-refractivity contribution is -0.118. The van der Waals surface area contributed by atoms with Crippen molar-refractivity contribution in [3.05, 3.63) is 0 Å². The van der Waals surface area contributed by atoms with Gasteiger partial charge in [0.05, 0.1) is 0 Å². The molecule has 0 amide bonds. The van der Waals surface area contributed by atoms with E-state index in [9.17, 15) is 4.79 Å². The molecule has 0 aliphatic heterocycles. The molecule has 0 heterocycles. The highest BCUT2D eigenvalue weighted by Gasteiger charge is 2.21. The molecule has 0 N–H and O–H groups in total. The van der Waals surface area contributed by atoms with Crippen molar-refractivity contribution in [1.82, 2.24) is 0 Å². The lowest BCUT2D eigenvalue weighted by Crippen LogP contribution is -2.18. The second-order valence-electron chi connectivity index (χ2n) is 3.93. The molecule has 64 valence electrons. The number of ketones is 1. The topological polar surface area (TPSA) is 17.1 Å². The van der Waals surface area contributed by atoms with Crippen LogP contribution in [0.25, 0.3) is 0 Å². The van der Waals surface area contributed by atoms with Crippen molar-refractivity contribution in [3.8, 4) is 0 Å². The molecule has 0 radical (unpaired) electrons. The monoisotopic (exact) mass is 154 g/mol. The molecule has 1 nitrogen and oxygen atoms in total. The van der Waals surface area contributed by atoms with Crippen molar-refractivity contribution < 1.29 is 4.79 Å². The van der Waals surface area contributed by atoms with E-state index in [1.807, 2.05) is 0 Å². The molecule has 0 bridgehead atoms. The first-order chi connectivity index (χ1) is 5.20. The van der Waals surface area contributed by atoms with Gasteiger partial charge in [-0.2, -0.15) is 0 Å². The highest BCUT2D eigenvalue weighted by Crippen LogP contribution is 2.31. The summed E-state index contributed by atoms with van der Waals surface area (Å²) in [5.74, 6) is 1.85. The molecule has 11 heavy (non-hydrogen) atoms. The second kappa shape index (κ2) is 3.89. The zero-order valence-corrected chi connectivity index (χ0v) is 7.60. The Hall–Kier alpha value is -0.330. The number of rotatable bonds is 2. The van der Waals surface area contributed by atoms with E-state index in [1.165, 1.54) is 25.7 Å². The van der Waals surface area contributed by atoms with Crippen molar-refractivity contribution in [1.29, 1.82) is 0 Å². The highest BCUT2D eigenvalue weighted by atomic mass is 16.1. The van der Waals surface area contributed by atoms with Gasteiger partial charge in [-0.3, -0.25) is 0 Å². The van der Waals surface area contributed by atoms with Crippen LogP contribution >= 0.6 is 0 Å². The maximum absolute atomic E-state index is 10.9. The lowest BCUT2D eigenvalue weighted by atomic mass is 9.78. The van der Waals surface area contributed by atoms with E-state index in [1.54, 1.807) is 6.92 Å². The minimum atomic E-state index is 0.365. The van der Waals surface area contributed by atoms with Gasteiger partial charge in [0.1, 0.15) is 5.78 Å². The van der Waals surface area contributed by atoms with Gasteiger partial charge in [0, 0.05) is 6.42 Å². The normalized spacial score (nSPS) is 31.8. The fourth-order valence-corrected chi connectivity index (χ4v) is 2.07. The van der Waals surface area contributed by atoms with Crippen LogP contribution in [-0.2, 0) is 4.79 Å². The summed E-state index contributed by atoms with van der Waals surface area (Å²) in [4.78, 5) is 10.9. The van der Waals surface area contributed by atoms with Gasteiger partial charge in [0.25, 0.3) is 0 Å². The average molecular weight is 154 g/mol. The van der Waals surface area contributed by atoms with Crippen molar-refractivity contribution >= 4 is 5.78 Å². The van der Waals surface area contributed by atoms with E-state index in [0.29, 0.717) is 11.7 Å². The predicted octanol–water partition coefficient (Wildman–Crippen LogP) is 2.79. The molecule has 1 aliphatic rings. The fraction of sp³-hybridized carbons (Fsp3) is 0.900. The molecule has 1 rings (SSSR count). The summed E-state index contributed by atoms with van der Waals surface area (Å²) in [6, 6.07) is 0. The summed E-state index contributed by atoms with van der Waals surface area (Å²) >= 11 is 0. The van der Waals surface area contributed by atoms with Gasteiger partial charge in [-0.15, -0.1) is 0 Å². The Labute approximate surface area is 69.2 Å². The number of carbonyl (C=O) groups excluding carboxylic acids is 1. The van der Waals surface area contributed by atoms with Crippen molar-refractivity contribution in [3.63, 3.8) is 0 Å². The van der Waals surface area contributed by atoms with E-state index in [-0.39, 0.29) is 0 Å². The van der Waals surface area contributed by atoms with Crippen LogP contribution in [-0.4, -0.2) is 5.78 Å². The smallest absolute Gasteiger partial charge is 0.130 e. The van der Waals surface area contributed by atoms with Gasteiger partial charge in [-0.25, -0.2) is 0 Å². The van der Waals surface area contributed by atoms with Crippen molar-refractivity contribution in [2.24, 2.45) is 11.8 Å². The summed E-state index contributed by atoms with van der Waals surface area (Å²) in [6.07, 6.45) is 6.14. The van der Waals surface area contributed by atoms with Crippen LogP contribution in [0.15, 0.2) is 0 Å². The van der Waals surface area contributed by atoms with Gasteiger partial charge in [-0.05, 0) is 25.2 Å². The van der Waals surface area contributed by atoms with Gasteiger partial charge >= 0.3 is 0 Å². The summed E-state index contributed by atoms with van der Waals surface area (Å²) in [6.45, 7) is 3.99. The number of carbonyl (C=O) groups is 1. The van der Waals surface area contributed by atoms with Crippen LogP contribution in [0.2, 0.25) is 0 Å². The lowest BCUT2D eigenvalue weighted by Gasteiger charge is -2.27. The Bertz CT molecular complexity index is 140. The van der Waals surface area contributed by atoms with E-state index in [0.717, 1.165) is 12.3 Å². The fourth-order valence-electron chi connectivity index (χ4n) is 2.07. The van der Waals surface area contributed by atoms with Crippen LogP contribution in [0.4, 0.5) is 0 Å². The zero-order chi connectivity index (χ0) is 8.27. The van der Waals surface area contributed by atoms with E-state index < -0.39 is 0 Å². The molecule has 0 aromatic carbocycles. The first-order valence-electron chi connectivity index (χ1n) is 4.69. The molecule has 0 saturated heterocycles. The Balaban J connectivity index is 2.35. The SMILES string of the molecule is CC(=O)CC1CCCCC1C. The molecule has 0 aromatic rings. The number of hydrogen-bond acceptors (Lipinski definition) is 1. The first-order valence-corrected chi connectivity index (χ1v) is 4.69. The first kappa shape index (κ1) is 8.76. The van der Waals surface area contributed by atoms with Crippen molar-refractivity contribution in [2.75, 3.05) is 0 Å². The molecular formula is C10H18O. The molecule has 2 atom stereocenters. The highest BCUT2D eigenvalue weighted by molar-refractivity contribution is 5.75. The number of Topliss-reactive ketones (excluding diaryl/α,β-unsaturated/α-hetero) is 1. The van der Waals surface area contributed by atoms with E-state index in [2.05, 4.69) is 6.92 Å². The zero-order valence-electron chi connectivity index (χ0n) is 7.60. The van der Waals surface area contributed by atoms with Crippen LogP contribution in [0.5, 0.6) is 0 Å². The third kappa shape index (κ3) is 2.64. The Morgan fingerprint density at radius 3 is 2.55 bits per heavy atom.